The quantitative estimate of drug-likeness (QED) is 0.530. The number of ether oxygens (including phenoxy) is 1. The highest BCUT2D eigenvalue weighted by Gasteiger charge is 2.43. The van der Waals surface area contributed by atoms with Crippen molar-refractivity contribution in [3.05, 3.63) is 35.4 Å². The minimum absolute atomic E-state index is 0.000198. The number of amides is 3. The molecule has 1 N–H and O–H groups in total. The van der Waals surface area contributed by atoms with Crippen molar-refractivity contribution in [1.82, 2.24) is 10.2 Å². The molecule has 8 nitrogen and oxygen atoms in total. The molecule has 3 rings (SSSR count). The fourth-order valence-corrected chi connectivity index (χ4v) is 4.20. The summed E-state index contributed by atoms with van der Waals surface area (Å²) in [6.07, 6.45) is 4.07. The van der Waals surface area contributed by atoms with Gasteiger partial charge in [0.15, 0.2) is 6.61 Å². The molecule has 31 heavy (non-hydrogen) atoms. The smallest absolute Gasteiger partial charge is 0.329 e. The van der Waals surface area contributed by atoms with Gasteiger partial charge < -0.3 is 10.1 Å². The molecule has 0 aromatic heterocycles. The van der Waals surface area contributed by atoms with Crippen LogP contribution in [0.2, 0.25) is 0 Å². The summed E-state index contributed by atoms with van der Waals surface area (Å²) in [5.41, 5.74) is -0.429. The fourth-order valence-electron chi connectivity index (χ4n) is 4.20. The van der Waals surface area contributed by atoms with Crippen LogP contribution in [-0.4, -0.2) is 46.8 Å². The van der Waals surface area contributed by atoms with Gasteiger partial charge in [0.2, 0.25) is 0 Å². The molecular weight excluding hydrogens is 398 g/mol. The van der Waals surface area contributed by atoms with E-state index in [0.717, 1.165) is 24.2 Å². The molecule has 0 radical (unpaired) electrons. The lowest BCUT2D eigenvalue weighted by Crippen LogP contribution is -2.51. The molecule has 8 heteroatoms. The predicted octanol–water partition coefficient (Wildman–Crippen LogP) is 2.58. The first-order chi connectivity index (χ1) is 14.8. The first kappa shape index (κ1) is 22.5. The van der Waals surface area contributed by atoms with Crippen LogP contribution < -0.4 is 5.32 Å². The lowest BCUT2D eigenvalue weighted by Gasteiger charge is -2.31. The Morgan fingerprint density at radius 1 is 1.13 bits per heavy atom. The molecular formula is C23H27N3O5. The second kappa shape index (κ2) is 9.29. The zero-order valence-corrected chi connectivity index (χ0v) is 17.8. The number of benzene rings is 1. The Bertz CT molecular complexity index is 892. The number of imide groups is 1. The molecule has 0 saturated heterocycles. The van der Waals surface area contributed by atoms with E-state index in [9.17, 15) is 24.4 Å². The van der Waals surface area contributed by atoms with E-state index >= 15 is 0 Å². The second-order valence-corrected chi connectivity index (χ2v) is 8.58. The summed E-state index contributed by atoms with van der Waals surface area (Å²) in [4.78, 5) is 51.7. The van der Waals surface area contributed by atoms with E-state index in [1.54, 1.807) is 24.3 Å². The highest BCUT2D eigenvalue weighted by atomic mass is 16.5. The van der Waals surface area contributed by atoms with Crippen LogP contribution in [-0.2, 0) is 14.3 Å². The Kier molecular flexibility index (Phi) is 6.74. The van der Waals surface area contributed by atoms with Crippen molar-refractivity contribution >= 4 is 23.7 Å². The number of nitrogens with zero attached hydrogens (tertiary/aromatic N) is 2. The molecule has 0 bridgehead atoms. The highest BCUT2D eigenvalue weighted by molar-refractivity contribution is 6.22. The third-order valence-corrected chi connectivity index (χ3v) is 5.75. The maximum Gasteiger partial charge on any atom is 0.329 e. The number of carbonyl (C=O) groups excluding carboxylic acids is 4. The number of rotatable bonds is 7. The third-order valence-electron chi connectivity index (χ3n) is 5.75. The Balaban J connectivity index is 1.68. The number of hydrogen-bond donors (Lipinski definition) is 1. The largest absolute Gasteiger partial charge is 0.454 e. The van der Waals surface area contributed by atoms with Crippen molar-refractivity contribution in [1.29, 1.82) is 5.26 Å². The van der Waals surface area contributed by atoms with Gasteiger partial charge in [-0.15, -0.1) is 0 Å². The molecule has 1 aromatic carbocycles. The van der Waals surface area contributed by atoms with Crippen molar-refractivity contribution in [3.8, 4) is 6.07 Å². The van der Waals surface area contributed by atoms with E-state index in [0.29, 0.717) is 12.8 Å². The number of fused-ring (bicyclic) bond motifs is 1. The third kappa shape index (κ3) is 4.76. The molecule has 1 aliphatic carbocycles. The van der Waals surface area contributed by atoms with Crippen LogP contribution in [0.3, 0.4) is 0 Å². The molecule has 2 aliphatic rings. The van der Waals surface area contributed by atoms with Gasteiger partial charge in [-0.25, -0.2) is 4.79 Å². The van der Waals surface area contributed by atoms with Crippen LogP contribution in [0.15, 0.2) is 24.3 Å². The van der Waals surface area contributed by atoms with Crippen molar-refractivity contribution in [2.45, 2.75) is 64.0 Å². The summed E-state index contributed by atoms with van der Waals surface area (Å²) in [5, 5.41) is 12.2. The van der Waals surface area contributed by atoms with Gasteiger partial charge in [0.05, 0.1) is 17.2 Å². The summed E-state index contributed by atoms with van der Waals surface area (Å²) < 4.78 is 5.20. The lowest BCUT2D eigenvalue weighted by atomic mass is 9.83. The van der Waals surface area contributed by atoms with Crippen molar-refractivity contribution < 1.29 is 23.9 Å². The van der Waals surface area contributed by atoms with Crippen molar-refractivity contribution in [2.75, 3.05) is 6.61 Å². The first-order valence-corrected chi connectivity index (χ1v) is 10.6. The highest BCUT2D eigenvalue weighted by Crippen LogP contribution is 2.28. The van der Waals surface area contributed by atoms with E-state index in [-0.39, 0.29) is 23.5 Å². The summed E-state index contributed by atoms with van der Waals surface area (Å²) in [5.74, 6) is -2.47. The number of nitrogens with one attached hydrogen (secondary N) is 1. The maximum absolute atomic E-state index is 12.8. The Labute approximate surface area is 181 Å². The Morgan fingerprint density at radius 3 is 2.23 bits per heavy atom. The predicted molar refractivity (Wildman–Crippen MR) is 111 cm³/mol. The van der Waals surface area contributed by atoms with Crippen LogP contribution in [0.5, 0.6) is 0 Å². The van der Waals surface area contributed by atoms with Crippen LogP contribution in [0.25, 0.3) is 0 Å². The zero-order valence-electron chi connectivity index (χ0n) is 17.8. The fraction of sp³-hybridized carbons (Fsp3) is 0.522. The van der Waals surface area contributed by atoms with Gasteiger partial charge in [0.25, 0.3) is 17.7 Å². The van der Waals surface area contributed by atoms with Gasteiger partial charge in [-0.2, -0.15) is 5.26 Å². The van der Waals surface area contributed by atoms with Gasteiger partial charge in [-0.3, -0.25) is 19.3 Å². The minimum atomic E-state index is -1.13. The van der Waals surface area contributed by atoms with Crippen LogP contribution in [0.4, 0.5) is 0 Å². The average Bonchev–Trinajstić information content (AvgIpc) is 3.01. The molecule has 1 saturated carbocycles. The maximum atomic E-state index is 12.8. The molecule has 1 atom stereocenters. The normalized spacial score (nSPS) is 18.3. The SMILES string of the molecule is CC(C)CC(C(=O)OCC(=O)NC1(C#N)CCCCC1)N1C(=O)c2ccccc2C1=O. The van der Waals surface area contributed by atoms with Gasteiger partial charge in [0.1, 0.15) is 11.6 Å². The van der Waals surface area contributed by atoms with E-state index in [1.807, 2.05) is 13.8 Å². The topological polar surface area (TPSA) is 117 Å². The number of carbonyl (C=O) groups is 4. The lowest BCUT2D eigenvalue weighted by molar-refractivity contribution is -0.153. The van der Waals surface area contributed by atoms with Gasteiger partial charge in [-0.1, -0.05) is 45.2 Å². The van der Waals surface area contributed by atoms with Crippen molar-refractivity contribution in [3.63, 3.8) is 0 Å². The van der Waals surface area contributed by atoms with Crippen molar-refractivity contribution in [2.24, 2.45) is 5.92 Å². The van der Waals surface area contributed by atoms with Crippen LogP contribution in [0.1, 0.15) is 73.1 Å². The number of hydrogen-bond acceptors (Lipinski definition) is 6. The van der Waals surface area contributed by atoms with Crippen LogP contribution >= 0.6 is 0 Å². The van der Waals surface area contributed by atoms with E-state index in [1.165, 1.54) is 0 Å². The molecule has 0 spiro atoms. The molecule has 1 aliphatic heterocycles. The monoisotopic (exact) mass is 425 g/mol. The number of esters is 1. The molecule has 1 aromatic rings. The van der Waals surface area contributed by atoms with E-state index in [2.05, 4.69) is 11.4 Å². The van der Waals surface area contributed by atoms with Crippen LogP contribution in [0, 0.1) is 17.2 Å². The summed E-state index contributed by atoms with van der Waals surface area (Å²) >= 11 is 0. The summed E-state index contributed by atoms with van der Waals surface area (Å²) in [6, 6.07) is 7.47. The molecule has 1 heterocycles. The van der Waals surface area contributed by atoms with E-state index < -0.39 is 41.9 Å². The minimum Gasteiger partial charge on any atom is -0.454 e. The average molecular weight is 425 g/mol. The first-order valence-electron chi connectivity index (χ1n) is 10.6. The standard InChI is InChI=1S/C23H27N3O5/c1-15(2)12-18(26-20(28)16-8-4-5-9-17(16)21(26)29)22(30)31-13-19(27)25-23(14-24)10-6-3-7-11-23/h4-5,8-9,15,18H,3,6-7,10-13H2,1-2H3,(H,25,27). The van der Waals surface area contributed by atoms with E-state index in [4.69, 9.17) is 4.74 Å². The zero-order chi connectivity index (χ0) is 22.6. The molecule has 164 valence electrons. The molecule has 3 amide bonds. The summed E-state index contributed by atoms with van der Waals surface area (Å²) in [6.45, 7) is 3.16. The Morgan fingerprint density at radius 2 is 1.71 bits per heavy atom. The molecule has 1 unspecified atom stereocenters. The van der Waals surface area contributed by atoms with Gasteiger partial charge >= 0.3 is 5.97 Å². The molecule has 1 fully saturated rings. The Hall–Kier alpha value is -3.21. The second-order valence-electron chi connectivity index (χ2n) is 8.58. The number of nitriles is 1. The van der Waals surface area contributed by atoms with Gasteiger partial charge in [-0.05, 0) is 37.3 Å². The summed E-state index contributed by atoms with van der Waals surface area (Å²) in [7, 11) is 0. The van der Waals surface area contributed by atoms with Gasteiger partial charge in [0, 0.05) is 0 Å².